The predicted octanol–water partition coefficient (Wildman–Crippen LogP) is 3.13. The third-order valence-corrected chi connectivity index (χ3v) is 3.96. The Balaban J connectivity index is 2.19. The summed E-state index contributed by atoms with van der Waals surface area (Å²) < 4.78 is 0. The number of carboxylic acids is 1. The van der Waals surface area contributed by atoms with Gasteiger partial charge in [-0.25, -0.2) is 0 Å². The number of aliphatic carboxylic acids is 1. The lowest BCUT2D eigenvalue weighted by molar-refractivity contribution is -0.140. The second-order valence-corrected chi connectivity index (χ2v) is 5.85. The molecular formula is C16H23NO2. The highest BCUT2D eigenvalue weighted by molar-refractivity contribution is 5.74. The van der Waals surface area contributed by atoms with E-state index < -0.39 is 12.0 Å². The molecule has 3 nitrogen and oxygen atoms in total. The number of carboxylic acid groups (broad SMARTS) is 1. The molecule has 1 aliphatic rings. The van der Waals surface area contributed by atoms with Gasteiger partial charge in [0.05, 0.1) is 0 Å². The Morgan fingerprint density at radius 3 is 2.21 bits per heavy atom. The average Bonchev–Trinajstić information content (AvgIpc) is 3.07. The van der Waals surface area contributed by atoms with E-state index in [2.05, 4.69) is 45.1 Å². The zero-order valence-corrected chi connectivity index (χ0v) is 12.2. The third-order valence-electron chi connectivity index (χ3n) is 3.96. The molecular weight excluding hydrogens is 238 g/mol. The summed E-state index contributed by atoms with van der Waals surface area (Å²) >= 11 is 0. The second-order valence-electron chi connectivity index (χ2n) is 5.85. The third kappa shape index (κ3) is 3.16. The summed E-state index contributed by atoms with van der Waals surface area (Å²) in [5.41, 5.74) is 4.95. The number of carbonyl (C=O) groups is 1. The number of nitrogens with one attached hydrogen (secondary N) is 1. The fourth-order valence-corrected chi connectivity index (χ4v) is 3.07. The van der Waals surface area contributed by atoms with E-state index in [-0.39, 0.29) is 6.04 Å². The summed E-state index contributed by atoms with van der Waals surface area (Å²) in [6.45, 7) is 8.34. The lowest BCUT2D eigenvalue weighted by Crippen LogP contribution is -2.40. The van der Waals surface area contributed by atoms with E-state index >= 15 is 0 Å². The molecule has 19 heavy (non-hydrogen) atoms. The van der Waals surface area contributed by atoms with Crippen molar-refractivity contribution in [1.29, 1.82) is 0 Å². The predicted molar refractivity (Wildman–Crippen MR) is 76.4 cm³/mol. The standard InChI is InChI=1S/C16H23NO2/c1-9-7-10(2)14(11(3)8-9)12(4)17-15(16(18)19)13-5-6-13/h7-8,12-13,15,17H,5-6H2,1-4H3,(H,18,19). The van der Waals surface area contributed by atoms with Crippen LogP contribution in [-0.2, 0) is 4.79 Å². The van der Waals surface area contributed by atoms with Crippen molar-refractivity contribution in [3.8, 4) is 0 Å². The summed E-state index contributed by atoms with van der Waals surface area (Å²) in [6, 6.07) is 3.98. The van der Waals surface area contributed by atoms with E-state index in [1.165, 1.54) is 22.3 Å². The molecule has 0 radical (unpaired) electrons. The molecule has 0 amide bonds. The largest absolute Gasteiger partial charge is 0.480 e. The Bertz CT molecular complexity index is 469. The van der Waals surface area contributed by atoms with Gasteiger partial charge in [-0.05, 0) is 63.1 Å². The van der Waals surface area contributed by atoms with E-state index in [0.717, 1.165) is 12.8 Å². The van der Waals surface area contributed by atoms with Gasteiger partial charge < -0.3 is 5.11 Å². The van der Waals surface area contributed by atoms with Gasteiger partial charge in [-0.2, -0.15) is 0 Å². The van der Waals surface area contributed by atoms with Gasteiger partial charge in [-0.1, -0.05) is 17.7 Å². The minimum atomic E-state index is -0.725. The first-order chi connectivity index (χ1) is 8.90. The van der Waals surface area contributed by atoms with Gasteiger partial charge in [0.25, 0.3) is 0 Å². The quantitative estimate of drug-likeness (QED) is 0.856. The van der Waals surface area contributed by atoms with Crippen LogP contribution >= 0.6 is 0 Å². The number of hydrogen-bond acceptors (Lipinski definition) is 2. The summed E-state index contributed by atoms with van der Waals surface area (Å²) in [5.74, 6) is -0.414. The first-order valence-corrected chi connectivity index (χ1v) is 6.96. The highest BCUT2D eigenvalue weighted by atomic mass is 16.4. The molecule has 1 saturated carbocycles. The zero-order chi connectivity index (χ0) is 14.2. The maximum atomic E-state index is 11.3. The lowest BCUT2D eigenvalue weighted by Gasteiger charge is -2.23. The summed E-state index contributed by atoms with van der Waals surface area (Å²) in [6.07, 6.45) is 2.06. The van der Waals surface area contributed by atoms with Gasteiger partial charge in [0.15, 0.2) is 0 Å². The molecule has 1 aromatic carbocycles. The number of rotatable bonds is 5. The van der Waals surface area contributed by atoms with Crippen molar-refractivity contribution >= 4 is 5.97 Å². The molecule has 0 aliphatic heterocycles. The fourth-order valence-electron chi connectivity index (χ4n) is 3.07. The van der Waals surface area contributed by atoms with Crippen LogP contribution in [0.25, 0.3) is 0 Å². The Morgan fingerprint density at radius 1 is 1.26 bits per heavy atom. The molecule has 2 N–H and O–H groups in total. The van der Waals surface area contributed by atoms with Crippen molar-refractivity contribution in [2.24, 2.45) is 5.92 Å². The highest BCUT2D eigenvalue weighted by Gasteiger charge is 2.37. The molecule has 0 spiro atoms. The minimum Gasteiger partial charge on any atom is -0.480 e. The second kappa shape index (κ2) is 5.33. The maximum absolute atomic E-state index is 11.3. The lowest BCUT2D eigenvalue weighted by atomic mass is 9.94. The van der Waals surface area contributed by atoms with Crippen LogP contribution in [0.4, 0.5) is 0 Å². The summed E-state index contributed by atoms with van der Waals surface area (Å²) in [7, 11) is 0. The van der Waals surface area contributed by atoms with Crippen LogP contribution in [0.3, 0.4) is 0 Å². The molecule has 3 heteroatoms. The first-order valence-electron chi connectivity index (χ1n) is 6.96. The molecule has 2 unspecified atom stereocenters. The SMILES string of the molecule is Cc1cc(C)c(C(C)NC(C(=O)O)C2CC2)c(C)c1. The van der Waals surface area contributed by atoms with Crippen molar-refractivity contribution in [1.82, 2.24) is 5.32 Å². The molecule has 1 fully saturated rings. The molecule has 0 heterocycles. The van der Waals surface area contributed by atoms with E-state index in [1.807, 2.05) is 0 Å². The van der Waals surface area contributed by atoms with E-state index in [9.17, 15) is 9.90 Å². The van der Waals surface area contributed by atoms with Gasteiger partial charge in [0.2, 0.25) is 0 Å². The number of benzene rings is 1. The molecule has 2 rings (SSSR count). The van der Waals surface area contributed by atoms with Crippen LogP contribution in [0.1, 0.15) is 48.1 Å². The summed E-state index contributed by atoms with van der Waals surface area (Å²) in [4.78, 5) is 11.3. The van der Waals surface area contributed by atoms with Crippen molar-refractivity contribution in [2.75, 3.05) is 0 Å². The topological polar surface area (TPSA) is 49.3 Å². The van der Waals surface area contributed by atoms with Crippen molar-refractivity contribution < 1.29 is 9.90 Å². The van der Waals surface area contributed by atoms with Crippen molar-refractivity contribution in [3.63, 3.8) is 0 Å². The van der Waals surface area contributed by atoms with Gasteiger partial charge in [-0.15, -0.1) is 0 Å². The molecule has 1 aromatic rings. The van der Waals surface area contributed by atoms with Crippen molar-refractivity contribution in [2.45, 2.75) is 52.6 Å². The first kappa shape index (κ1) is 14.1. The van der Waals surface area contributed by atoms with Crippen LogP contribution in [0.15, 0.2) is 12.1 Å². The average molecular weight is 261 g/mol. The minimum absolute atomic E-state index is 0.0716. The van der Waals surface area contributed by atoms with Crippen LogP contribution in [-0.4, -0.2) is 17.1 Å². The summed E-state index contributed by atoms with van der Waals surface area (Å²) in [5, 5.41) is 12.6. The van der Waals surface area contributed by atoms with Crippen LogP contribution in [0.2, 0.25) is 0 Å². The van der Waals surface area contributed by atoms with Gasteiger partial charge in [-0.3, -0.25) is 10.1 Å². The number of aryl methyl sites for hydroxylation is 3. The molecule has 0 aromatic heterocycles. The smallest absolute Gasteiger partial charge is 0.320 e. The van der Waals surface area contributed by atoms with E-state index in [1.54, 1.807) is 0 Å². The monoisotopic (exact) mass is 261 g/mol. The Hall–Kier alpha value is -1.35. The number of hydrogen-bond donors (Lipinski definition) is 2. The fraction of sp³-hybridized carbons (Fsp3) is 0.562. The van der Waals surface area contributed by atoms with Gasteiger partial charge >= 0.3 is 5.97 Å². The normalized spacial score (nSPS) is 18.1. The van der Waals surface area contributed by atoms with E-state index in [0.29, 0.717) is 5.92 Å². The highest BCUT2D eigenvalue weighted by Crippen LogP contribution is 2.34. The molecule has 0 bridgehead atoms. The van der Waals surface area contributed by atoms with Crippen LogP contribution < -0.4 is 5.32 Å². The molecule has 1 aliphatic carbocycles. The maximum Gasteiger partial charge on any atom is 0.320 e. The zero-order valence-electron chi connectivity index (χ0n) is 12.2. The van der Waals surface area contributed by atoms with Crippen molar-refractivity contribution in [3.05, 3.63) is 34.4 Å². The van der Waals surface area contributed by atoms with Gasteiger partial charge in [0, 0.05) is 6.04 Å². The molecule has 2 atom stereocenters. The van der Waals surface area contributed by atoms with E-state index in [4.69, 9.17) is 0 Å². The molecule has 104 valence electrons. The van der Waals surface area contributed by atoms with Crippen LogP contribution in [0, 0.1) is 26.7 Å². The Labute approximate surface area is 115 Å². The Morgan fingerprint density at radius 2 is 1.79 bits per heavy atom. The van der Waals surface area contributed by atoms with Gasteiger partial charge in [0.1, 0.15) is 6.04 Å². The Kier molecular flexibility index (Phi) is 3.95. The molecule has 0 saturated heterocycles. The van der Waals surface area contributed by atoms with Crippen LogP contribution in [0.5, 0.6) is 0 Å².